The van der Waals surface area contributed by atoms with Crippen molar-refractivity contribution in [1.29, 1.82) is 0 Å². The Morgan fingerprint density at radius 1 is 0.895 bits per heavy atom. The largest absolute Gasteiger partial charge is 0.489 e. The van der Waals surface area contributed by atoms with E-state index in [0.29, 0.717) is 22.4 Å². The molecule has 2 rings (SSSR count). The van der Waals surface area contributed by atoms with Gasteiger partial charge in [-0.2, -0.15) is 0 Å². The highest BCUT2D eigenvalue weighted by atomic mass is 35.5. The van der Waals surface area contributed by atoms with Crippen LogP contribution >= 0.6 is 23.2 Å². The molecular formula is C15H15Cl2NO. The van der Waals surface area contributed by atoms with Gasteiger partial charge in [0.15, 0.2) is 5.75 Å². The smallest absolute Gasteiger partial charge is 0.156 e. The van der Waals surface area contributed by atoms with Gasteiger partial charge >= 0.3 is 0 Å². The average molecular weight is 296 g/mol. The van der Waals surface area contributed by atoms with E-state index in [1.165, 1.54) is 5.56 Å². The number of ether oxygens (including phenoxy) is 1. The molecular weight excluding hydrogens is 281 g/mol. The molecule has 2 nitrogen and oxygen atoms in total. The molecule has 4 heteroatoms. The van der Waals surface area contributed by atoms with Gasteiger partial charge < -0.3 is 10.1 Å². The third kappa shape index (κ3) is 4.43. The van der Waals surface area contributed by atoms with Crippen molar-refractivity contribution in [1.82, 2.24) is 5.32 Å². The van der Waals surface area contributed by atoms with Gasteiger partial charge in [0, 0.05) is 13.1 Å². The van der Waals surface area contributed by atoms with Gasteiger partial charge in [-0.05, 0) is 17.7 Å². The van der Waals surface area contributed by atoms with Crippen molar-refractivity contribution < 1.29 is 4.74 Å². The van der Waals surface area contributed by atoms with Crippen molar-refractivity contribution in [3.8, 4) is 5.75 Å². The molecule has 0 aliphatic carbocycles. The standard InChI is InChI=1S/C15H15Cl2NO/c16-13-7-4-8-14(17)15(13)19-10-9-18-11-12-5-2-1-3-6-12/h1-8,18H,9-11H2. The minimum Gasteiger partial charge on any atom is -0.489 e. The summed E-state index contributed by atoms with van der Waals surface area (Å²) < 4.78 is 5.58. The van der Waals surface area contributed by atoms with E-state index in [9.17, 15) is 0 Å². The average Bonchev–Trinajstić information content (AvgIpc) is 2.42. The first-order chi connectivity index (χ1) is 9.27. The highest BCUT2D eigenvalue weighted by Gasteiger charge is 2.05. The van der Waals surface area contributed by atoms with Crippen LogP contribution in [0.4, 0.5) is 0 Å². The monoisotopic (exact) mass is 295 g/mol. The lowest BCUT2D eigenvalue weighted by Gasteiger charge is -2.10. The molecule has 19 heavy (non-hydrogen) atoms. The van der Waals surface area contributed by atoms with E-state index < -0.39 is 0 Å². The number of nitrogens with one attached hydrogen (secondary N) is 1. The fourth-order valence-electron chi connectivity index (χ4n) is 1.67. The lowest BCUT2D eigenvalue weighted by molar-refractivity contribution is 0.314. The molecule has 0 amide bonds. The number of halogens is 2. The highest BCUT2D eigenvalue weighted by Crippen LogP contribution is 2.32. The second-order valence-electron chi connectivity index (χ2n) is 4.06. The fraction of sp³-hybridized carbons (Fsp3) is 0.200. The predicted octanol–water partition coefficient (Wildman–Crippen LogP) is 4.16. The molecule has 100 valence electrons. The Balaban J connectivity index is 1.73. The van der Waals surface area contributed by atoms with Crippen LogP contribution in [0.25, 0.3) is 0 Å². The fourth-order valence-corrected chi connectivity index (χ4v) is 2.18. The number of hydrogen-bond donors (Lipinski definition) is 1. The summed E-state index contributed by atoms with van der Waals surface area (Å²) in [6, 6.07) is 15.5. The van der Waals surface area contributed by atoms with Gasteiger partial charge in [0.2, 0.25) is 0 Å². The Kier molecular flexibility index (Phi) is 5.52. The normalized spacial score (nSPS) is 10.4. The molecule has 2 aromatic rings. The molecule has 0 atom stereocenters. The van der Waals surface area contributed by atoms with Crippen molar-refractivity contribution in [3.05, 3.63) is 64.1 Å². The van der Waals surface area contributed by atoms with Gasteiger partial charge in [0.25, 0.3) is 0 Å². The maximum Gasteiger partial charge on any atom is 0.156 e. The van der Waals surface area contributed by atoms with Gasteiger partial charge in [-0.15, -0.1) is 0 Å². The molecule has 0 radical (unpaired) electrons. The third-order valence-electron chi connectivity index (χ3n) is 2.62. The summed E-state index contributed by atoms with van der Waals surface area (Å²) in [5.74, 6) is 0.548. The first-order valence-electron chi connectivity index (χ1n) is 6.09. The summed E-state index contributed by atoms with van der Waals surface area (Å²) in [5, 5.41) is 4.37. The second kappa shape index (κ2) is 7.39. The molecule has 0 aliphatic heterocycles. The summed E-state index contributed by atoms with van der Waals surface area (Å²) in [5.41, 5.74) is 1.25. The van der Waals surface area contributed by atoms with Crippen LogP contribution < -0.4 is 10.1 Å². The number of rotatable bonds is 6. The highest BCUT2D eigenvalue weighted by molar-refractivity contribution is 6.37. The van der Waals surface area contributed by atoms with Crippen LogP contribution in [0.5, 0.6) is 5.75 Å². The molecule has 0 aromatic heterocycles. The van der Waals surface area contributed by atoms with Gasteiger partial charge in [-0.1, -0.05) is 59.6 Å². The van der Waals surface area contributed by atoms with Gasteiger partial charge in [-0.25, -0.2) is 0 Å². The van der Waals surface area contributed by atoms with Gasteiger partial charge in [0.05, 0.1) is 10.0 Å². The van der Waals surface area contributed by atoms with E-state index in [1.807, 2.05) is 18.2 Å². The Morgan fingerprint density at radius 2 is 1.58 bits per heavy atom. The minimum absolute atomic E-state index is 0.524. The van der Waals surface area contributed by atoms with Crippen LogP contribution in [0.2, 0.25) is 10.0 Å². The first-order valence-corrected chi connectivity index (χ1v) is 6.84. The summed E-state index contributed by atoms with van der Waals surface area (Å²) >= 11 is 12.0. The van der Waals surface area contributed by atoms with E-state index in [1.54, 1.807) is 18.2 Å². The second-order valence-corrected chi connectivity index (χ2v) is 4.88. The number of para-hydroxylation sites is 1. The number of benzene rings is 2. The van der Waals surface area contributed by atoms with Crippen LogP contribution in [0, 0.1) is 0 Å². The van der Waals surface area contributed by atoms with Gasteiger partial charge in [-0.3, -0.25) is 0 Å². The van der Waals surface area contributed by atoms with Crippen LogP contribution in [0.3, 0.4) is 0 Å². The maximum atomic E-state index is 6.01. The zero-order valence-corrected chi connectivity index (χ0v) is 11.9. The predicted molar refractivity (Wildman–Crippen MR) is 80.1 cm³/mol. The molecule has 0 bridgehead atoms. The zero-order valence-electron chi connectivity index (χ0n) is 10.4. The lowest BCUT2D eigenvalue weighted by Crippen LogP contribution is -2.20. The van der Waals surface area contributed by atoms with E-state index in [-0.39, 0.29) is 0 Å². The van der Waals surface area contributed by atoms with E-state index in [0.717, 1.165) is 13.1 Å². The Hall–Kier alpha value is -1.22. The van der Waals surface area contributed by atoms with E-state index >= 15 is 0 Å². The molecule has 2 aromatic carbocycles. The Morgan fingerprint density at radius 3 is 2.26 bits per heavy atom. The topological polar surface area (TPSA) is 21.3 Å². The van der Waals surface area contributed by atoms with Crippen LogP contribution in [-0.4, -0.2) is 13.2 Å². The van der Waals surface area contributed by atoms with Crippen molar-refractivity contribution in [2.45, 2.75) is 6.54 Å². The zero-order chi connectivity index (χ0) is 13.5. The molecule has 1 N–H and O–H groups in total. The van der Waals surface area contributed by atoms with Crippen LogP contribution in [-0.2, 0) is 6.54 Å². The summed E-state index contributed by atoms with van der Waals surface area (Å²) in [7, 11) is 0. The van der Waals surface area contributed by atoms with Crippen molar-refractivity contribution in [3.63, 3.8) is 0 Å². The molecule has 0 fully saturated rings. The van der Waals surface area contributed by atoms with Crippen molar-refractivity contribution in [2.75, 3.05) is 13.2 Å². The van der Waals surface area contributed by atoms with Gasteiger partial charge in [0.1, 0.15) is 6.61 Å². The minimum atomic E-state index is 0.524. The summed E-state index contributed by atoms with van der Waals surface area (Å²) in [4.78, 5) is 0. The van der Waals surface area contributed by atoms with Crippen molar-refractivity contribution >= 4 is 23.2 Å². The Bertz CT molecular complexity index is 497. The first kappa shape index (κ1) is 14.2. The molecule has 0 aliphatic rings. The van der Waals surface area contributed by atoms with E-state index in [4.69, 9.17) is 27.9 Å². The van der Waals surface area contributed by atoms with Crippen LogP contribution in [0.1, 0.15) is 5.56 Å². The van der Waals surface area contributed by atoms with E-state index in [2.05, 4.69) is 17.4 Å². The quantitative estimate of drug-likeness (QED) is 0.808. The SMILES string of the molecule is Clc1cccc(Cl)c1OCCNCc1ccccc1. The third-order valence-corrected chi connectivity index (χ3v) is 3.21. The van der Waals surface area contributed by atoms with Crippen LogP contribution in [0.15, 0.2) is 48.5 Å². The molecule has 0 saturated carbocycles. The summed E-state index contributed by atoms with van der Waals surface area (Å²) in [6.07, 6.45) is 0. The Labute approximate surface area is 123 Å². The van der Waals surface area contributed by atoms with Crippen molar-refractivity contribution in [2.24, 2.45) is 0 Å². The molecule has 0 saturated heterocycles. The number of hydrogen-bond acceptors (Lipinski definition) is 2. The maximum absolute atomic E-state index is 6.01. The molecule has 0 unspecified atom stereocenters. The summed E-state index contributed by atoms with van der Waals surface area (Å²) in [6.45, 7) is 2.08. The molecule has 0 spiro atoms. The lowest BCUT2D eigenvalue weighted by atomic mass is 10.2. The molecule has 0 heterocycles.